The Bertz CT molecular complexity index is 3310. The summed E-state index contributed by atoms with van der Waals surface area (Å²) < 4.78 is 6.78. The molecule has 2 heterocycles. The molecule has 9 aromatic rings. The third-order valence-corrected chi connectivity index (χ3v) is 14.8. The maximum Gasteiger partial charge on any atom is 0.136 e. The number of furan rings is 1. The van der Waals surface area contributed by atoms with Crippen LogP contribution in [0.3, 0.4) is 0 Å². The van der Waals surface area contributed by atoms with Crippen LogP contribution in [-0.2, 0) is 27.1 Å². The number of aromatic nitrogens is 1. The van der Waals surface area contributed by atoms with Gasteiger partial charge in [0, 0.05) is 38.2 Å². The standard InChI is InChI=1S/C62H66N2O/c1-58(2,3)41-23-25-52-47(32-41)48-34-43(60(7,8)9)33-46(57(48)63-52)40-29-39-21-17-18-22-44(39)54(30-40)64(53-26-24-42(59(4,5)6)31-45(53)38-19-15-14-16-20-38)55-37-65-56-36-51-50(35-49(55)56)61(10,11)27-28-62(51,12)13/h14-26,29-37,63H,27-28H2,1-13H3. The van der Waals surface area contributed by atoms with Gasteiger partial charge in [0.25, 0.3) is 0 Å². The highest BCUT2D eigenvalue weighted by Crippen LogP contribution is 2.53. The second-order valence-corrected chi connectivity index (χ2v) is 23.5. The van der Waals surface area contributed by atoms with Crippen LogP contribution in [0.4, 0.5) is 17.1 Å². The summed E-state index contributed by atoms with van der Waals surface area (Å²) in [7, 11) is 0. The van der Waals surface area contributed by atoms with E-state index >= 15 is 0 Å². The van der Waals surface area contributed by atoms with E-state index in [0.29, 0.717) is 0 Å². The van der Waals surface area contributed by atoms with Crippen molar-refractivity contribution in [2.45, 2.75) is 130 Å². The van der Waals surface area contributed by atoms with Gasteiger partial charge in [0.2, 0.25) is 0 Å². The Morgan fingerprint density at radius 3 is 1.77 bits per heavy atom. The van der Waals surface area contributed by atoms with Crippen LogP contribution >= 0.6 is 0 Å². The van der Waals surface area contributed by atoms with Crippen molar-refractivity contribution in [3.8, 4) is 22.3 Å². The smallest absolute Gasteiger partial charge is 0.136 e. The van der Waals surface area contributed by atoms with Gasteiger partial charge in [-0.15, -0.1) is 0 Å². The summed E-state index contributed by atoms with van der Waals surface area (Å²) in [5.41, 5.74) is 18.0. The molecule has 3 heteroatoms. The predicted octanol–water partition coefficient (Wildman–Crippen LogP) is 18.3. The van der Waals surface area contributed by atoms with E-state index in [2.05, 4.69) is 227 Å². The highest BCUT2D eigenvalue weighted by Gasteiger charge is 2.38. The van der Waals surface area contributed by atoms with E-state index in [1.807, 2.05) is 6.26 Å². The van der Waals surface area contributed by atoms with Gasteiger partial charge in [-0.2, -0.15) is 0 Å². The van der Waals surface area contributed by atoms with E-state index in [9.17, 15) is 0 Å². The number of hydrogen-bond acceptors (Lipinski definition) is 2. The predicted molar refractivity (Wildman–Crippen MR) is 280 cm³/mol. The lowest BCUT2D eigenvalue weighted by Gasteiger charge is -2.41. The fourth-order valence-corrected chi connectivity index (χ4v) is 10.4. The van der Waals surface area contributed by atoms with Crippen molar-refractivity contribution in [2.75, 3.05) is 4.90 Å². The van der Waals surface area contributed by atoms with Gasteiger partial charge in [0.15, 0.2) is 0 Å². The quantitative estimate of drug-likeness (QED) is 0.187. The van der Waals surface area contributed by atoms with Crippen molar-refractivity contribution in [2.24, 2.45) is 0 Å². The van der Waals surface area contributed by atoms with Crippen LogP contribution in [-0.4, -0.2) is 4.98 Å². The first-order valence-electron chi connectivity index (χ1n) is 23.8. The summed E-state index contributed by atoms with van der Waals surface area (Å²) in [5.74, 6) is 0. The lowest BCUT2D eigenvalue weighted by atomic mass is 9.63. The van der Waals surface area contributed by atoms with E-state index in [-0.39, 0.29) is 27.1 Å². The Labute approximate surface area is 386 Å². The van der Waals surface area contributed by atoms with Crippen LogP contribution in [0.1, 0.15) is 131 Å². The van der Waals surface area contributed by atoms with Crippen molar-refractivity contribution in [1.82, 2.24) is 4.98 Å². The Kier molecular flexibility index (Phi) is 9.71. The Morgan fingerprint density at radius 1 is 0.477 bits per heavy atom. The van der Waals surface area contributed by atoms with Gasteiger partial charge >= 0.3 is 0 Å². The molecule has 0 aliphatic heterocycles. The minimum Gasteiger partial charge on any atom is -0.462 e. The molecule has 10 rings (SSSR count). The highest BCUT2D eigenvalue weighted by molar-refractivity contribution is 6.14. The summed E-state index contributed by atoms with van der Waals surface area (Å²) in [6.45, 7) is 30.4. The summed E-state index contributed by atoms with van der Waals surface area (Å²) in [5, 5.41) is 6.03. The van der Waals surface area contributed by atoms with Gasteiger partial charge in [-0.3, -0.25) is 0 Å². The van der Waals surface area contributed by atoms with Crippen molar-refractivity contribution in [3.63, 3.8) is 0 Å². The van der Waals surface area contributed by atoms with Crippen molar-refractivity contribution < 1.29 is 4.42 Å². The van der Waals surface area contributed by atoms with Gasteiger partial charge in [0.05, 0.1) is 22.6 Å². The molecule has 65 heavy (non-hydrogen) atoms. The molecule has 1 N–H and O–H groups in total. The molecule has 0 amide bonds. The maximum absolute atomic E-state index is 6.78. The first kappa shape index (κ1) is 42.9. The average Bonchev–Trinajstić information content (AvgIpc) is 3.85. The molecule has 7 aromatic carbocycles. The largest absolute Gasteiger partial charge is 0.462 e. The van der Waals surface area contributed by atoms with E-state index in [1.54, 1.807) is 0 Å². The summed E-state index contributed by atoms with van der Waals surface area (Å²) in [4.78, 5) is 6.47. The fraction of sp³-hybridized carbons (Fsp3) is 0.323. The topological polar surface area (TPSA) is 32.2 Å². The van der Waals surface area contributed by atoms with E-state index in [4.69, 9.17) is 4.42 Å². The maximum atomic E-state index is 6.78. The number of benzene rings is 7. The molecule has 0 saturated heterocycles. The van der Waals surface area contributed by atoms with Gasteiger partial charge in [-0.05, 0) is 145 Å². The van der Waals surface area contributed by atoms with Crippen LogP contribution < -0.4 is 4.90 Å². The fourth-order valence-electron chi connectivity index (χ4n) is 10.4. The van der Waals surface area contributed by atoms with Crippen LogP contribution in [0.15, 0.2) is 138 Å². The number of H-pyrrole nitrogens is 1. The van der Waals surface area contributed by atoms with Crippen LogP contribution in [0.2, 0.25) is 0 Å². The molecular weight excluding hydrogens is 789 g/mol. The SMILES string of the molecule is CC(C)(C)c1ccc(N(c2cc(-c3cc(C(C)(C)C)cc4c3[nH]c3ccc(C(C)(C)C)cc34)cc3ccccc23)c2coc3cc4c(cc23)C(C)(C)CCC4(C)C)c(-c2ccccc2)c1. The van der Waals surface area contributed by atoms with Gasteiger partial charge < -0.3 is 14.3 Å². The molecule has 0 radical (unpaired) electrons. The number of hydrogen-bond donors (Lipinski definition) is 1. The van der Waals surface area contributed by atoms with Gasteiger partial charge in [-0.25, -0.2) is 0 Å². The molecule has 0 atom stereocenters. The normalized spacial score (nSPS) is 15.3. The Morgan fingerprint density at radius 2 is 1.08 bits per heavy atom. The number of rotatable bonds is 5. The van der Waals surface area contributed by atoms with E-state index in [0.717, 1.165) is 51.9 Å². The van der Waals surface area contributed by atoms with Crippen molar-refractivity contribution >= 4 is 60.6 Å². The molecule has 1 aliphatic carbocycles. The molecule has 0 saturated carbocycles. The van der Waals surface area contributed by atoms with Gasteiger partial charge in [0.1, 0.15) is 11.8 Å². The van der Waals surface area contributed by atoms with Crippen molar-refractivity contribution in [1.29, 1.82) is 0 Å². The van der Waals surface area contributed by atoms with Crippen LogP contribution in [0.25, 0.3) is 65.8 Å². The lowest BCUT2D eigenvalue weighted by molar-refractivity contribution is 0.332. The van der Waals surface area contributed by atoms with Crippen LogP contribution in [0.5, 0.6) is 0 Å². The number of fused-ring (bicyclic) bond motifs is 6. The average molecular weight is 855 g/mol. The Hall–Kier alpha value is -6.06. The molecule has 2 aromatic heterocycles. The van der Waals surface area contributed by atoms with E-state index in [1.165, 1.54) is 71.6 Å². The van der Waals surface area contributed by atoms with Crippen molar-refractivity contribution in [3.05, 3.63) is 161 Å². The molecule has 0 unspecified atom stereocenters. The third-order valence-electron chi connectivity index (χ3n) is 14.8. The molecule has 0 spiro atoms. The molecule has 0 fully saturated rings. The minimum absolute atomic E-state index is 0.0329. The second-order valence-electron chi connectivity index (χ2n) is 23.5. The number of nitrogens with one attached hydrogen (secondary N) is 1. The zero-order chi connectivity index (χ0) is 46.0. The molecular formula is C62H66N2O. The van der Waals surface area contributed by atoms with E-state index < -0.39 is 0 Å². The Balaban J connectivity index is 1.32. The number of anilines is 3. The number of aromatic amines is 1. The molecule has 0 bridgehead atoms. The third kappa shape index (κ3) is 7.36. The second kappa shape index (κ2) is 14.7. The lowest BCUT2D eigenvalue weighted by Crippen LogP contribution is -2.33. The molecule has 1 aliphatic rings. The minimum atomic E-state index is -0.0730. The number of nitrogens with zero attached hydrogens (tertiary/aromatic N) is 1. The monoisotopic (exact) mass is 855 g/mol. The summed E-state index contributed by atoms with van der Waals surface area (Å²) in [6, 6.07) is 48.5. The first-order chi connectivity index (χ1) is 30.6. The molecule has 330 valence electrons. The summed E-state index contributed by atoms with van der Waals surface area (Å²) >= 11 is 0. The first-order valence-corrected chi connectivity index (χ1v) is 23.8. The molecule has 3 nitrogen and oxygen atoms in total. The zero-order valence-electron chi connectivity index (χ0n) is 41.0. The van der Waals surface area contributed by atoms with Crippen LogP contribution in [0, 0.1) is 0 Å². The zero-order valence-corrected chi connectivity index (χ0v) is 41.0. The summed E-state index contributed by atoms with van der Waals surface area (Å²) in [6.07, 6.45) is 4.31. The highest BCUT2D eigenvalue weighted by atomic mass is 16.3. The van der Waals surface area contributed by atoms with Gasteiger partial charge in [-0.1, -0.05) is 157 Å².